The van der Waals surface area contributed by atoms with Crippen LogP contribution < -0.4 is 0 Å². The van der Waals surface area contributed by atoms with Crippen LogP contribution in [0.1, 0.15) is 0 Å². The molecular formula is C5H15O6Sb. The summed E-state index contributed by atoms with van der Waals surface area (Å²) in [4.78, 5) is 0. The normalized spacial score (nSPS) is 10.0. The number of aliphatic hydroxyl groups excluding tert-OH is 3. The second-order valence-corrected chi connectivity index (χ2v) is 2.98. The van der Waals surface area contributed by atoms with Gasteiger partial charge in [-0.15, -0.1) is 0 Å². The van der Waals surface area contributed by atoms with Crippen LogP contribution >= 0.6 is 0 Å². The number of hydrogen-bond donors (Lipinski definition) is 3. The van der Waals surface area contributed by atoms with Crippen LogP contribution in [0.15, 0.2) is 0 Å². The van der Waals surface area contributed by atoms with Gasteiger partial charge in [-0.25, -0.2) is 0 Å². The van der Waals surface area contributed by atoms with E-state index in [9.17, 15) is 0 Å². The molecule has 76 valence electrons. The molecule has 0 fully saturated rings. The zero-order valence-corrected chi connectivity index (χ0v) is 9.08. The standard InChI is InChI=1S/C5H11O4.2H2O.Sb/c6-1-5(2-7,3-8)4-9;;;/h6-8H,1-4H2;2*1H2;/q-1;;;+1. The van der Waals surface area contributed by atoms with E-state index in [1.165, 1.54) is 0 Å². The number of aliphatic hydroxyl groups is 3. The van der Waals surface area contributed by atoms with Gasteiger partial charge in [0.2, 0.25) is 0 Å². The van der Waals surface area contributed by atoms with Crippen molar-refractivity contribution in [1.29, 1.82) is 0 Å². The molecule has 0 spiro atoms. The van der Waals surface area contributed by atoms with Gasteiger partial charge in [0, 0.05) is 0 Å². The van der Waals surface area contributed by atoms with E-state index in [0.29, 0.717) is 0 Å². The fourth-order valence-electron chi connectivity index (χ4n) is 0.424. The summed E-state index contributed by atoms with van der Waals surface area (Å²) in [6.07, 6.45) is 0. The first-order chi connectivity index (χ1) is 4.74. The third kappa shape index (κ3) is 5.26. The van der Waals surface area contributed by atoms with Crippen molar-refractivity contribution in [2.45, 2.75) is 0 Å². The van der Waals surface area contributed by atoms with Crippen LogP contribution in [-0.4, -0.2) is 76.1 Å². The Morgan fingerprint density at radius 3 is 1.42 bits per heavy atom. The van der Waals surface area contributed by atoms with E-state index < -0.39 is 5.41 Å². The first-order valence-electron chi connectivity index (χ1n) is 2.83. The van der Waals surface area contributed by atoms with Crippen LogP contribution in [0.4, 0.5) is 0 Å². The van der Waals surface area contributed by atoms with Gasteiger partial charge in [0.05, 0.1) is 0 Å². The summed E-state index contributed by atoms with van der Waals surface area (Å²) in [7, 11) is 0. The Hall–Kier alpha value is 0.578. The van der Waals surface area contributed by atoms with E-state index in [0.717, 1.165) is 23.4 Å². The second kappa shape index (κ2) is 9.66. The zero-order chi connectivity index (χ0) is 8.04. The van der Waals surface area contributed by atoms with Crippen LogP contribution in [0.3, 0.4) is 0 Å². The maximum atomic E-state index is 8.71. The molecule has 0 aliphatic heterocycles. The van der Waals surface area contributed by atoms with E-state index in [-0.39, 0.29) is 37.4 Å². The third-order valence-electron chi connectivity index (χ3n) is 1.38. The van der Waals surface area contributed by atoms with E-state index in [4.69, 9.17) is 18.3 Å². The van der Waals surface area contributed by atoms with Gasteiger partial charge in [0.25, 0.3) is 0 Å². The molecule has 7 N–H and O–H groups in total. The van der Waals surface area contributed by atoms with Crippen molar-refractivity contribution in [1.82, 2.24) is 0 Å². The van der Waals surface area contributed by atoms with E-state index in [1.807, 2.05) is 0 Å². The molecule has 0 saturated carbocycles. The molecule has 0 heterocycles. The summed E-state index contributed by atoms with van der Waals surface area (Å²) in [5, 5.41) is 26.1. The summed E-state index contributed by atoms with van der Waals surface area (Å²) < 4.78 is 4.75. The number of hydrogen-bond acceptors (Lipinski definition) is 4. The molecule has 0 aromatic heterocycles. The molecule has 0 unspecified atom stereocenters. The van der Waals surface area contributed by atoms with Crippen molar-refractivity contribution in [3.63, 3.8) is 0 Å². The van der Waals surface area contributed by atoms with Gasteiger partial charge in [0.1, 0.15) is 0 Å². The average Bonchev–Trinajstić information content (AvgIpc) is 2.01. The van der Waals surface area contributed by atoms with Gasteiger partial charge in [-0.1, -0.05) is 0 Å². The minimum absolute atomic E-state index is 0. The summed E-state index contributed by atoms with van der Waals surface area (Å²) in [6, 6.07) is 0. The van der Waals surface area contributed by atoms with Crippen LogP contribution in [0.5, 0.6) is 0 Å². The summed E-state index contributed by atoms with van der Waals surface area (Å²) in [6.45, 7) is -0.601. The van der Waals surface area contributed by atoms with Gasteiger partial charge in [0.15, 0.2) is 0 Å². The quantitative estimate of drug-likeness (QED) is 0.451. The molecule has 0 aromatic rings. The van der Waals surface area contributed by atoms with Crippen LogP contribution in [0, 0.1) is 5.41 Å². The molecule has 0 atom stereocenters. The van der Waals surface area contributed by atoms with Crippen molar-refractivity contribution >= 4 is 23.4 Å². The van der Waals surface area contributed by atoms with Gasteiger partial charge in [-0.05, 0) is 0 Å². The molecule has 2 radical (unpaired) electrons. The average molecular weight is 293 g/mol. The predicted octanol–water partition coefficient (Wildman–Crippen LogP) is -3.60. The maximum absolute atomic E-state index is 8.71. The van der Waals surface area contributed by atoms with Crippen LogP contribution in [0.25, 0.3) is 0 Å². The number of rotatable bonds is 5. The molecule has 0 aliphatic carbocycles. The molecule has 0 amide bonds. The molecule has 0 aromatic carbocycles. The van der Waals surface area contributed by atoms with Crippen molar-refractivity contribution in [3.05, 3.63) is 0 Å². The molecule has 0 saturated heterocycles. The Morgan fingerprint density at radius 1 is 1.00 bits per heavy atom. The van der Waals surface area contributed by atoms with E-state index in [2.05, 4.69) is 0 Å². The van der Waals surface area contributed by atoms with Gasteiger partial charge in [-0.3, -0.25) is 0 Å². The third-order valence-corrected chi connectivity index (χ3v) is 1.75. The fourth-order valence-corrected chi connectivity index (χ4v) is 1.21. The molecule has 12 heavy (non-hydrogen) atoms. The Balaban J connectivity index is -0.000000405. The second-order valence-electron chi connectivity index (χ2n) is 2.25. The van der Waals surface area contributed by atoms with Crippen molar-refractivity contribution < 1.29 is 29.3 Å². The summed E-state index contributed by atoms with van der Waals surface area (Å²) in [5.74, 6) is 0. The van der Waals surface area contributed by atoms with Crippen molar-refractivity contribution in [2.24, 2.45) is 5.41 Å². The predicted molar refractivity (Wildman–Crippen MR) is 42.6 cm³/mol. The molecule has 0 aliphatic rings. The SMILES string of the molecule is O.O.OCC(CO)(CO)C[O][Sb]. The Labute approximate surface area is 84.8 Å². The summed E-state index contributed by atoms with van der Waals surface area (Å²) in [5.41, 5.74) is -0.868. The van der Waals surface area contributed by atoms with E-state index in [1.54, 1.807) is 0 Å². The molecular weight excluding hydrogens is 278 g/mol. The fraction of sp³-hybridized carbons (Fsp3) is 1.00. The Kier molecular flexibility index (Phi) is 14.8. The van der Waals surface area contributed by atoms with E-state index >= 15 is 0 Å². The van der Waals surface area contributed by atoms with Crippen molar-refractivity contribution in [3.8, 4) is 0 Å². The topological polar surface area (TPSA) is 133 Å². The van der Waals surface area contributed by atoms with Crippen LogP contribution in [0.2, 0.25) is 0 Å². The molecule has 0 rings (SSSR count). The first kappa shape index (κ1) is 18.4. The Bertz CT molecular complexity index is 77.7. The molecule has 6 nitrogen and oxygen atoms in total. The summed E-state index contributed by atoms with van der Waals surface area (Å²) >= 11 is 1.13. The molecule has 7 heteroatoms. The minimum atomic E-state index is -0.868. The monoisotopic (exact) mass is 292 g/mol. The first-order valence-corrected chi connectivity index (χ1v) is 3.88. The molecule has 0 bridgehead atoms. The van der Waals surface area contributed by atoms with Gasteiger partial charge < -0.3 is 11.0 Å². The Morgan fingerprint density at radius 2 is 1.33 bits per heavy atom. The van der Waals surface area contributed by atoms with Gasteiger partial charge >= 0.3 is 73.6 Å². The van der Waals surface area contributed by atoms with Gasteiger partial charge in [-0.2, -0.15) is 0 Å². The van der Waals surface area contributed by atoms with Crippen LogP contribution in [-0.2, 0) is 3.02 Å². The van der Waals surface area contributed by atoms with Crippen molar-refractivity contribution in [2.75, 3.05) is 26.4 Å². The zero-order valence-electron chi connectivity index (χ0n) is 6.53.